The molecule has 5 rings (SSSR count). The molecule has 0 spiro atoms. The highest BCUT2D eigenvalue weighted by Gasteiger charge is 2.52. The van der Waals surface area contributed by atoms with Crippen LogP contribution in [0.15, 0.2) is 48.5 Å². The standard InChI is InChI=1S/C26H26F2N2O5/c27-26(28)12-21(24(32)33)30(14-26)23(31)22(15-6-5-7-15)29-25(34)35-13-20-18-10-3-1-8-16(18)17-9-2-4-11-19(17)20/h1-4,8-11,15,20-22H,5-7,12-14H2,(H,29,34)(H,32,33)/t21-,22?/m1/s1. The fourth-order valence-corrected chi connectivity index (χ4v) is 5.37. The summed E-state index contributed by atoms with van der Waals surface area (Å²) in [6.07, 6.45) is 0.370. The summed E-state index contributed by atoms with van der Waals surface area (Å²) in [5.41, 5.74) is 4.23. The van der Waals surface area contributed by atoms with Crippen LogP contribution in [0.25, 0.3) is 11.1 Å². The summed E-state index contributed by atoms with van der Waals surface area (Å²) in [6, 6.07) is 13.0. The van der Waals surface area contributed by atoms with Crippen LogP contribution in [0.1, 0.15) is 42.7 Å². The van der Waals surface area contributed by atoms with Crippen LogP contribution < -0.4 is 5.32 Å². The molecule has 0 radical (unpaired) electrons. The smallest absolute Gasteiger partial charge is 0.407 e. The summed E-state index contributed by atoms with van der Waals surface area (Å²) >= 11 is 0. The number of ether oxygens (including phenoxy) is 1. The maximum absolute atomic E-state index is 14.0. The molecule has 2 amide bonds. The number of aliphatic carboxylic acids is 1. The van der Waals surface area contributed by atoms with Crippen molar-refractivity contribution in [3.63, 3.8) is 0 Å². The van der Waals surface area contributed by atoms with Crippen molar-refractivity contribution in [3.05, 3.63) is 59.7 Å². The van der Waals surface area contributed by atoms with Crippen molar-refractivity contribution in [1.29, 1.82) is 0 Å². The van der Waals surface area contributed by atoms with Crippen LogP contribution in [-0.4, -0.2) is 59.1 Å². The minimum atomic E-state index is -3.29. The molecule has 1 unspecified atom stereocenters. The monoisotopic (exact) mass is 484 g/mol. The SMILES string of the molecule is O=C(NC(C(=O)N1CC(F)(F)C[C@@H]1C(=O)O)C1CCC1)OCC1c2ccccc2-c2ccccc21. The molecule has 2 fully saturated rings. The third-order valence-corrected chi connectivity index (χ3v) is 7.34. The highest BCUT2D eigenvalue weighted by Crippen LogP contribution is 2.44. The maximum atomic E-state index is 14.0. The van der Waals surface area contributed by atoms with Gasteiger partial charge in [0.25, 0.3) is 5.92 Å². The van der Waals surface area contributed by atoms with Gasteiger partial charge < -0.3 is 20.1 Å². The predicted octanol–water partition coefficient (Wildman–Crippen LogP) is 4.01. The Hall–Kier alpha value is -3.49. The Kier molecular flexibility index (Phi) is 5.94. The van der Waals surface area contributed by atoms with Crippen molar-refractivity contribution >= 4 is 18.0 Å². The van der Waals surface area contributed by atoms with E-state index in [4.69, 9.17) is 4.74 Å². The molecule has 3 aliphatic rings. The van der Waals surface area contributed by atoms with Gasteiger partial charge in [-0.2, -0.15) is 0 Å². The van der Waals surface area contributed by atoms with E-state index in [-0.39, 0.29) is 18.4 Å². The molecule has 1 saturated carbocycles. The van der Waals surface area contributed by atoms with Gasteiger partial charge in [-0.15, -0.1) is 0 Å². The number of carbonyl (C=O) groups excluding carboxylic acids is 2. The first-order valence-electron chi connectivity index (χ1n) is 11.8. The van der Waals surface area contributed by atoms with Gasteiger partial charge in [-0.1, -0.05) is 55.0 Å². The molecule has 0 bridgehead atoms. The minimum Gasteiger partial charge on any atom is -0.480 e. The van der Waals surface area contributed by atoms with E-state index in [9.17, 15) is 28.3 Å². The first-order chi connectivity index (χ1) is 16.7. The highest BCUT2D eigenvalue weighted by atomic mass is 19.3. The van der Waals surface area contributed by atoms with Crippen molar-refractivity contribution < 1.29 is 33.0 Å². The number of rotatable bonds is 6. The molecule has 2 aromatic carbocycles. The van der Waals surface area contributed by atoms with E-state index in [0.717, 1.165) is 28.7 Å². The number of amides is 2. The third-order valence-electron chi connectivity index (χ3n) is 7.34. The quantitative estimate of drug-likeness (QED) is 0.646. The number of carboxylic acids is 1. The van der Waals surface area contributed by atoms with Crippen LogP contribution in [0.4, 0.5) is 13.6 Å². The summed E-state index contributed by atoms with van der Waals surface area (Å²) < 4.78 is 33.4. The number of hydrogen-bond acceptors (Lipinski definition) is 4. The largest absolute Gasteiger partial charge is 0.480 e. The van der Waals surface area contributed by atoms with E-state index in [1.54, 1.807) is 0 Å². The second-order valence-electron chi connectivity index (χ2n) is 9.52. The Labute approximate surface area is 201 Å². The summed E-state index contributed by atoms with van der Waals surface area (Å²) in [4.78, 5) is 38.1. The summed E-state index contributed by atoms with van der Waals surface area (Å²) in [6.45, 7) is -0.927. The Morgan fingerprint density at radius 3 is 2.20 bits per heavy atom. The topological polar surface area (TPSA) is 95.9 Å². The highest BCUT2D eigenvalue weighted by molar-refractivity contribution is 5.90. The van der Waals surface area contributed by atoms with Gasteiger partial charge in [0.1, 0.15) is 18.7 Å². The van der Waals surface area contributed by atoms with Crippen molar-refractivity contribution in [2.45, 2.75) is 49.6 Å². The molecule has 1 saturated heterocycles. The van der Waals surface area contributed by atoms with Crippen LogP contribution >= 0.6 is 0 Å². The lowest BCUT2D eigenvalue weighted by Gasteiger charge is -2.36. The lowest BCUT2D eigenvalue weighted by atomic mass is 9.79. The van der Waals surface area contributed by atoms with Gasteiger partial charge in [-0.25, -0.2) is 18.4 Å². The zero-order valence-electron chi connectivity index (χ0n) is 19.0. The second-order valence-corrected chi connectivity index (χ2v) is 9.52. The van der Waals surface area contributed by atoms with Gasteiger partial charge in [0, 0.05) is 12.3 Å². The summed E-state index contributed by atoms with van der Waals surface area (Å²) in [5.74, 6) is -5.98. The number of hydrogen-bond donors (Lipinski definition) is 2. The van der Waals surface area contributed by atoms with Crippen molar-refractivity contribution in [3.8, 4) is 11.1 Å². The molecule has 2 aromatic rings. The molecule has 1 aliphatic heterocycles. The number of benzene rings is 2. The van der Waals surface area contributed by atoms with E-state index < -0.39 is 48.9 Å². The van der Waals surface area contributed by atoms with Gasteiger partial charge in [0.15, 0.2) is 0 Å². The fourth-order valence-electron chi connectivity index (χ4n) is 5.37. The number of halogens is 2. The molecule has 7 nitrogen and oxygen atoms in total. The first-order valence-corrected chi connectivity index (χ1v) is 11.8. The Balaban J connectivity index is 1.29. The zero-order chi connectivity index (χ0) is 24.7. The molecule has 2 aliphatic carbocycles. The lowest BCUT2D eigenvalue weighted by molar-refractivity contribution is -0.149. The number of alkyl halides is 2. The maximum Gasteiger partial charge on any atom is 0.407 e. The number of likely N-dealkylation sites (tertiary alicyclic amines) is 1. The number of carbonyl (C=O) groups is 3. The Bertz CT molecular complexity index is 1120. The van der Waals surface area contributed by atoms with Crippen molar-refractivity contribution in [2.75, 3.05) is 13.2 Å². The molecular weight excluding hydrogens is 458 g/mol. The van der Waals surface area contributed by atoms with Crippen LogP contribution in [0.5, 0.6) is 0 Å². The predicted molar refractivity (Wildman–Crippen MR) is 122 cm³/mol. The van der Waals surface area contributed by atoms with Crippen LogP contribution in [-0.2, 0) is 14.3 Å². The molecule has 0 aromatic heterocycles. The van der Waals surface area contributed by atoms with Gasteiger partial charge in [-0.05, 0) is 41.0 Å². The zero-order valence-corrected chi connectivity index (χ0v) is 19.0. The van der Waals surface area contributed by atoms with E-state index >= 15 is 0 Å². The third kappa shape index (κ3) is 4.35. The second kappa shape index (κ2) is 8.94. The summed E-state index contributed by atoms with van der Waals surface area (Å²) in [5, 5.41) is 11.9. The molecule has 35 heavy (non-hydrogen) atoms. The Morgan fingerprint density at radius 2 is 1.66 bits per heavy atom. The van der Waals surface area contributed by atoms with Crippen LogP contribution in [0, 0.1) is 5.92 Å². The minimum absolute atomic E-state index is 0.0466. The van der Waals surface area contributed by atoms with E-state index in [2.05, 4.69) is 5.32 Å². The molecular formula is C26H26F2N2O5. The Morgan fingerprint density at radius 1 is 1.06 bits per heavy atom. The van der Waals surface area contributed by atoms with Crippen molar-refractivity contribution in [2.24, 2.45) is 5.92 Å². The normalized spacial score (nSPS) is 21.5. The van der Waals surface area contributed by atoms with E-state index in [1.165, 1.54) is 0 Å². The van der Waals surface area contributed by atoms with Gasteiger partial charge >= 0.3 is 12.1 Å². The molecule has 2 atom stereocenters. The van der Waals surface area contributed by atoms with Gasteiger partial charge in [0.2, 0.25) is 5.91 Å². The van der Waals surface area contributed by atoms with Gasteiger partial charge in [0.05, 0.1) is 6.54 Å². The van der Waals surface area contributed by atoms with E-state index in [1.807, 2.05) is 48.5 Å². The molecule has 2 N–H and O–H groups in total. The first kappa shape index (κ1) is 23.3. The molecule has 1 heterocycles. The van der Waals surface area contributed by atoms with Crippen molar-refractivity contribution in [1.82, 2.24) is 10.2 Å². The van der Waals surface area contributed by atoms with Gasteiger partial charge in [-0.3, -0.25) is 4.79 Å². The number of alkyl carbamates (subject to hydrolysis) is 1. The van der Waals surface area contributed by atoms with Crippen LogP contribution in [0.2, 0.25) is 0 Å². The lowest BCUT2D eigenvalue weighted by Crippen LogP contribution is -2.56. The number of carboxylic acid groups (broad SMARTS) is 1. The number of nitrogens with zero attached hydrogens (tertiary/aromatic N) is 1. The molecule has 9 heteroatoms. The average molecular weight is 484 g/mol. The van der Waals surface area contributed by atoms with Crippen LogP contribution in [0.3, 0.4) is 0 Å². The number of fused-ring (bicyclic) bond motifs is 3. The average Bonchev–Trinajstić information content (AvgIpc) is 3.30. The number of nitrogens with one attached hydrogen (secondary N) is 1. The molecule has 184 valence electrons. The summed E-state index contributed by atoms with van der Waals surface area (Å²) in [7, 11) is 0. The van der Waals surface area contributed by atoms with E-state index in [0.29, 0.717) is 17.7 Å². The fraction of sp³-hybridized carbons (Fsp3) is 0.423.